The second-order valence-corrected chi connectivity index (χ2v) is 13.6. The van der Waals surface area contributed by atoms with Gasteiger partial charge in [0, 0.05) is 17.1 Å². The molecule has 1 saturated carbocycles. The maximum absolute atomic E-state index is 14.1. The zero-order chi connectivity index (χ0) is 29.6. The predicted molar refractivity (Wildman–Crippen MR) is 166 cm³/mol. The zero-order valence-corrected chi connectivity index (χ0v) is 26.2. The molecule has 0 spiro atoms. The van der Waals surface area contributed by atoms with Crippen molar-refractivity contribution in [2.45, 2.75) is 76.4 Å². The fourth-order valence-electron chi connectivity index (χ4n) is 5.18. The minimum Gasteiger partial charge on any atom is -0.352 e. The molecule has 0 aromatic heterocycles. The van der Waals surface area contributed by atoms with Crippen LogP contribution in [0, 0.1) is 13.8 Å². The lowest BCUT2D eigenvalue weighted by Crippen LogP contribution is -2.53. The number of hydrogen-bond donors (Lipinski definition) is 1. The lowest BCUT2D eigenvalue weighted by molar-refractivity contribution is -0.139. The van der Waals surface area contributed by atoms with Gasteiger partial charge >= 0.3 is 0 Å². The van der Waals surface area contributed by atoms with E-state index in [9.17, 15) is 18.0 Å². The van der Waals surface area contributed by atoms with Crippen LogP contribution in [0.15, 0.2) is 82.2 Å². The quantitative estimate of drug-likeness (QED) is 0.289. The molecule has 0 bridgehead atoms. The molecule has 218 valence electrons. The number of anilines is 1. The first-order chi connectivity index (χ1) is 19.6. The van der Waals surface area contributed by atoms with E-state index in [2.05, 4.69) is 21.2 Å². The predicted octanol–water partition coefficient (Wildman–Crippen LogP) is 6.13. The molecule has 1 N–H and O–H groups in total. The van der Waals surface area contributed by atoms with Gasteiger partial charge in [0.2, 0.25) is 11.8 Å². The van der Waals surface area contributed by atoms with Crippen LogP contribution in [0.25, 0.3) is 0 Å². The number of nitrogens with zero attached hydrogens (tertiary/aromatic N) is 2. The monoisotopic (exact) mass is 639 g/mol. The molecule has 1 atom stereocenters. The molecule has 3 aromatic rings. The third-order valence-corrected chi connectivity index (χ3v) is 9.90. The normalized spacial score (nSPS) is 14.7. The Morgan fingerprint density at radius 3 is 2.29 bits per heavy atom. The van der Waals surface area contributed by atoms with Crippen LogP contribution in [0.4, 0.5) is 5.69 Å². The minimum atomic E-state index is -4.09. The summed E-state index contributed by atoms with van der Waals surface area (Å²) in [5.74, 6) is -0.695. The van der Waals surface area contributed by atoms with Crippen molar-refractivity contribution in [2.75, 3.05) is 10.8 Å². The van der Waals surface area contributed by atoms with Crippen molar-refractivity contribution in [3.63, 3.8) is 0 Å². The van der Waals surface area contributed by atoms with Gasteiger partial charge < -0.3 is 10.2 Å². The van der Waals surface area contributed by atoms with Gasteiger partial charge in [0.25, 0.3) is 10.0 Å². The smallest absolute Gasteiger partial charge is 0.264 e. The van der Waals surface area contributed by atoms with Gasteiger partial charge in [0.1, 0.15) is 12.6 Å². The number of hydrogen-bond acceptors (Lipinski definition) is 4. The molecule has 7 nitrogen and oxygen atoms in total. The van der Waals surface area contributed by atoms with Gasteiger partial charge in [-0.25, -0.2) is 8.42 Å². The van der Waals surface area contributed by atoms with E-state index in [-0.39, 0.29) is 23.4 Å². The van der Waals surface area contributed by atoms with E-state index in [0.717, 1.165) is 51.2 Å². The Kier molecular flexibility index (Phi) is 10.3. The summed E-state index contributed by atoms with van der Waals surface area (Å²) in [6.07, 6.45) is 5.16. The number of sulfonamides is 1. The first kappa shape index (κ1) is 30.8. The Labute approximate surface area is 252 Å². The number of carbonyl (C=O) groups is 2. The number of halogens is 1. The third-order valence-electron chi connectivity index (χ3n) is 7.63. The molecule has 0 radical (unpaired) electrons. The van der Waals surface area contributed by atoms with Gasteiger partial charge in [-0.15, -0.1) is 0 Å². The highest BCUT2D eigenvalue weighted by atomic mass is 79.9. The van der Waals surface area contributed by atoms with Crippen molar-refractivity contribution in [1.82, 2.24) is 10.2 Å². The van der Waals surface area contributed by atoms with Crippen LogP contribution in [0.5, 0.6) is 0 Å². The Morgan fingerprint density at radius 2 is 1.63 bits per heavy atom. The fourth-order valence-corrected chi connectivity index (χ4v) is 7.10. The van der Waals surface area contributed by atoms with E-state index < -0.39 is 28.5 Å². The van der Waals surface area contributed by atoms with Crippen molar-refractivity contribution in [1.29, 1.82) is 0 Å². The maximum Gasteiger partial charge on any atom is 0.264 e. The van der Waals surface area contributed by atoms with Crippen LogP contribution < -0.4 is 9.62 Å². The average molecular weight is 641 g/mol. The third kappa shape index (κ3) is 7.77. The van der Waals surface area contributed by atoms with Crippen LogP contribution in [0.2, 0.25) is 0 Å². The lowest BCUT2D eigenvalue weighted by Gasteiger charge is -2.33. The topological polar surface area (TPSA) is 86.8 Å². The molecule has 1 aliphatic carbocycles. The van der Waals surface area contributed by atoms with E-state index >= 15 is 0 Å². The summed E-state index contributed by atoms with van der Waals surface area (Å²) in [6.45, 7) is 5.12. The van der Waals surface area contributed by atoms with Crippen LogP contribution in [0.1, 0.15) is 55.7 Å². The van der Waals surface area contributed by atoms with E-state index in [1.165, 1.54) is 11.3 Å². The van der Waals surface area contributed by atoms with Crippen LogP contribution >= 0.6 is 15.9 Å². The number of aryl methyl sites for hydroxylation is 2. The molecule has 0 heterocycles. The second kappa shape index (κ2) is 13.7. The van der Waals surface area contributed by atoms with Crippen molar-refractivity contribution in [2.24, 2.45) is 0 Å². The number of benzene rings is 3. The van der Waals surface area contributed by atoms with Crippen LogP contribution in [0.3, 0.4) is 0 Å². The lowest BCUT2D eigenvalue weighted by atomic mass is 9.95. The zero-order valence-electron chi connectivity index (χ0n) is 23.8. The number of rotatable bonds is 10. The SMILES string of the molecule is Cc1ccc(S(=O)(=O)N(CC(=O)N(Cc2cccc(Br)c2)C(C)C(=O)NC2CCCCC2)c2ccccc2C)cc1. The Morgan fingerprint density at radius 1 is 0.951 bits per heavy atom. The molecule has 0 saturated heterocycles. The highest BCUT2D eigenvalue weighted by molar-refractivity contribution is 9.10. The van der Waals surface area contributed by atoms with Crippen LogP contribution in [-0.4, -0.2) is 43.8 Å². The van der Waals surface area contributed by atoms with Gasteiger partial charge in [0.05, 0.1) is 10.6 Å². The Bertz CT molecular complexity index is 1470. The maximum atomic E-state index is 14.1. The summed E-state index contributed by atoms with van der Waals surface area (Å²) < 4.78 is 30.0. The molecule has 4 rings (SSSR count). The van der Waals surface area contributed by atoms with E-state index in [1.54, 1.807) is 43.3 Å². The summed E-state index contributed by atoms with van der Waals surface area (Å²) in [5, 5.41) is 3.13. The van der Waals surface area contributed by atoms with Crippen LogP contribution in [-0.2, 0) is 26.2 Å². The standard InChI is InChI=1S/C32H38BrN3O4S/c1-23-16-18-29(19-17-23)41(39,40)36(30-15-8-7-10-24(30)2)22-31(37)35(21-26-11-9-12-27(33)20-26)25(3)32(38)34-28-13-5-4-6-14-28/h7-12,15-20,25,28H,4-6,13-14,21-22H2,1-3H3,(H,34,38). The number of amides is 2. The number of para-hydroxylation sites is 1. The van der Waals surface area contributed by atoms with Gasteiger partial charge in [-0.2, -0.15) is 0 Å². The summed E-state index contributed by atoms with van der Waals surface area (Å²) >= 11 is 3.49. The van der Waals surface area contributed by atoms with Crippen molar-refractivity contribution >= 4 is 43.5 Å². The van der Waals surface area contributed by atoms with Gasteiger partial charge in [0.15, 0.2) is 0 Å². The molecule has 1 unspecified atom stereocenters. The van der Waals surface area contributed by atoms with E-state index in [0.29, 0.717) is 5.69 Å². The molecule has 1 fully saturated rings. The number of nitrogens with one attached hydrogen (secondary N) is 1. The molecule has 1 aliphatic rings. The molecule has 3 aromatic carbocycles. The first-order valence-electron chi connectivity index (χ1n) is 14.1. The van der Waals surface area contributed by atoms with E-state index in [1.807, 2.05) is 50.2 Å². The second-order valence-electron chi connectivity index (χ2n) is 10.8. The van der Waals surface area contributed by atoms with Gasteiger partial charge in [-0.05, 0) is 75.1 Å². The van der Waals surface area contributed by atoms with Crippen molar-refractivity contribution in [3.8, 4) is 0 Å². The molecule has 2 amide bonds. The van der Waals surface area contributed by atoms with E-state index in [4.69, 9.17) is 0 Å². The molecule has 0 aliphatic heterocycles. The first-order valence-corrected chi connectivity index (χ1v) is 16.3. The average Bonchev–Trinajstić information content (AvgIpc) is 2.95. The van der Waals surface area contributed by atoms with Gasteiger partial charge in [-0.3, -0.25) is 13.9 Å². The Hall–Kier alpha value is -3.17. The fraction of sp³-hybridized carbons (Fsp3) is 0.375. The summed E-state index contributed by atoms with van der Waals surface area (Å²) in [4.78, 5) is 29.1. The van der Waals surface area contributed by atoms with Crippen molar-refractivity contribution < 1.29 is 18.0 Å². The molecular weight excluding hydrogens is 602 g/mol. The Balaban J connectivity index is 1.68. The largest absolute Gasteiger partial charge is 0.352 e. The summed E-state index contributed by atoms with van der Waals surface area (Å²) in [5.41, 5.74) is 2.90. The minimum absolute atomic E-state index is 0.0897. The number of carbonyl (C=O) groups excluding carboxylic acids is 2. The molecular formula is C32H38BrN3O4S. The highest BCUT2D eigenvalue weighted by Gasteiger charge is 2.33. The highest BCUT2D eigenvalue weighted by Crippen LogP contribution is 2.28. The van der Waals surface area contributed by atoms with Gasteiger partial charge in [-0.1, -0.05) is 83.2 Å². The summed E-state index contributed by atoms with van der Waals surface area (Å²) in [6, 6.07) is 20.5. The van der Waals surface area contributed by atoms with Crippen molar-refractivity contribution in [3.05, 3.63) is 94.0 Å². The molecule has 9 heteroatoms. The summed E-state index contributed by atoms with van der Waals surface area (Å²) in [7, 11) is -4.09. The molecule has 41 heavy (non-hydrogen) atoms.